The minimum Gasteiger partial charge on any atom is -0.497 e. The zero-order valence-corrected chi connectivity index (χ0v) is 14.3. The van der Waals surface area contributed by atoms with Gasteiger partial charge in [-0.3, -0.25) is 0 Å². The van der Waals surface area contributed by atoms with Gasteiger partial charge in [-0.05, 0) is 36.4 Å². The minimum absolute atomic E-state index is 0.00895. The molecule has 0 bridgehead atoms. The van der Waals surface area contributed by atoms with Crippen LogP contribution in [-0.4, -0.2) is 17.1 Å². The Bertz CT molecular complexity index is 854. The Morgan fingerprint density at radius 2 is 1.71 bits per heavy atom. The summed E-state index contributed by atoms with van der Waals surface area (Å²) in [5, 5.41) is 2.91. The number of ether oxygens (including phenoxy) is 1. The van der Waals surface area contributed by atoms with Crippen molar-refractivity contribution in [3.63, 3.8) is 0 Å². The number of nitrogens with two attached hydrogens (primary N) is 1. The summed E-state index contributed by atoms with van der Waals surface area (Å²) in [7, 11) is 1.58. The van der Waals surface area contributed by atoms with Gasteiger partial charge in [-0.15, -0.1) is 0 Å². The topological polar surface area (TPSA) is 73.1 Å². The molecule has 24 heavy (non-hydrogen) atoms. The molecule has 2 aromatic carbocycles. The standard InChI is InChI=1S/C17H14BrFN4O/c1-24-13-8-6-12(7-9-13)21-16-14(19)15(22-17(20)23-16)10-2-4-11(18)5-3-10/h2-9H,1H3,(H3,20,21,22,23). The van der Waals surface area contributed by atoms with Crippen LogP contribution in [0.5, 0.6) is 5.75 Å². The summed E-state index contributed by atoms with van der Waals surface area (Å²) in [6.45, 7) is 0. The number of hydrogen-bond donors (Lipinski definition) is 2. The van der Waals surface area contributed by atoms with Crippen LogP contribution in [0.3, 0.4) is 0 Å². The molecular weight excluding hydrogens is 375 g/mol. The van der Waals surface area contributed by atoms with Gasteiger partial charge in [-0.2, -0.15) is 4.98 Å². The first-order valence-electron chi connectivity index (χ1n) is 7.07. The quantitative estimate of drug-likeness (QED) is 0.693. The van der Waals surface area contributed by atoms with Gasteiger partial charge in [0.05, 0.1) is 7.11 Å². The fraction of sp³-hybridized carbons (Fsp3) is 0.0588. The van der Waals surface area contributed by atoms with Crippen molar-refractivity contribution in [2.75, 3.05) is 18.2 Å². The normalized spacial score (nSPS) is 10.5. The van der Waals surface area contributed by atoms with Crippen molar-refractivity contribution < 1.29 is 9.13 Å². The van der Waals surface area contributed by atoms with E-state index in [0.29, 0.717) is 17.0 Å². The van der Waals surface area contributed by atoms with Crippen LogP contribution in [0, 0.1) is 5.82 Å². The molecular formula is C17H14BrFN4O. The third-order valence-corrected chi connectivity index (χ3v) is 3.87. The first-order valence-corrected chi connectivity index (χ1v) is 7.86. The molecule has 1 heterocycles. The number of anilines is 3. The second-order valence-electron chi connectivity index (χ2n) is 4.95. The third kappa shape index (κ3) is 3.46. The molecule has 0 saturated carbocycles. The molecule has 0 spiro atoms. The number of nitrogens with one attached hydrogen (secondary N) is 1. The SMILES string of the molecule is COc1ccc(Nc2nc(N)nc(-c3ccc(Br)cc3)c2F)cc1. The maximum Gasteiger partial charge on any atom is 0.222 e. The molecule has 3 N–H and O–H groups in total. The summed E-state index contributed by atoms with van der Waals surface area (Å²) in [5.41, 5.74) is 7.16. The Balaban J connectivity index is 1.97. The Hall–Kier alpha value is -2.67. The molecule has 0 unspecified atom stereocenters. The summed E-state index contributed by atoms with van der Waals surface area (Å²) < 4.78 is 20.8. The molecule has 5 nitrogen and oxygen atoms in total. The Morgan fingerprint density at radius 1 is 1.04 bits per heavy atom. The molecule has 7 heteroatoms. The Morgan fingerprint density at radius 3 is 2.33 bits per heavy atom. The molecule has 3 aromatic rings. The first kappa shape index (κ1) is 16.2. The van der Waals surface area contributed by atoms with E-state index in [2.05, 4.69) is 31.2 Å². The fourth-order valence-electron chi connectivity index (χ4n) is 2.16. The van der Waals surface area contributed by atoms with Gasteiger partial charge >= 0.3 is 0 Å². The van der Waals surface area contributed by atoms with Gasteiger partial charge in [0, 0.05) is 15.7 Å². The van der Waals surface area contributed by atoms with Crippen molar-refractivity contribution in [2.45, 2.75) is 0 Å². The molecule has 3 rings (SSSR count). The summed E-state index contributed by atoms with van der Waals surface area (Å²) in [4.78, 5) is 7.97. The Labute approximate surface area is 146 Å². The van der Waals surface area contributed by atoms with Crippen LogP contribution in [0.1, 0.15) is 0 Å². The molecule has 0 aliphatic rings. The highest BCUT2D eigenvalue weighted by Gasteiger charge is 2.15. The van der Waals surface area contributed by atoms with Crippen LogP contribution < -0.4 is 15.8 Å². The van der Waals surface area contributed by atoms with Gasteiger partial charge in [0.25, 0.3) is 0 Å². The molecule has 0 amide bonds. The van der Waals surface area contributed by atoms with Gasteiger partial charge in [0.15, 0.2) is 11.6 Å². The monoisotopic (exact) mass is 388 g/mol. The minimum atomic E-state index is -0.567. The third-order valence-electron chi connectivity index (χ3n) is 3.34. The molecule has 0 atom stereocenters. The summed E-state index contributed by atoms with van der Waals surface area (Å²) in [6.07, 6.45) is 0. The molecule has 122 valence electrons. The van der Waals surface area contributed by atoms with Crippen LogP contribution in [0.25, 0.3) is 11.3 Å². The summed E-state index contributed by atoms with van der Waals surface area (Å²) >= 11 is 3.35. The van der Waals surface area contributed by atoms with Crippen LogP contribution in [-0.2, 0) is 0 Å². The molecule has 0 fully saturated rings. The summed E-state index contributed by atoms with van der Waals surface area (Å²) in [5.74, 6) is 0.150. The van der Waals surface area contributed by atoms with Crippen molar-refractivity contribution in [3.8, 4) is 17.0 Å². The lowest BCUT2D eigenvalue weighted by molar-refractivity contribution is 0.415. The average Bonchev–Trinajstić information content (AvgIpc) is 2.59. The predicted molar refractivity (Wildman–Crippen MR) is 95.8 cm³/mol. The zero-order valence-electron chi connectivity index (χ0n) is 12.8. The predicted octanol–water partition coefficient (Wildman–Crippen LogP) is 4.38. The van der Waals surface area contributed by atoms with E-state index < -0.39 is 5.82 Å². The molecule has 0 aliphatic heterocycles. The average molecular weight is 389 g/mol. The lowest BCUT2D eigenvalue weighted by atomic mass is 10.1. The Kier molecular flexibility index (Phi) is 4.61. The van der Waals surface area contributed by atoms with E-state index in [0.717, 1.165) is 4.47 Å². The number of benzene rings is 2. The van der Waals surface area contributed by atoms with E-state index >= 15 is 0 Å². The number of aromatic nitrogens is 2. The van der Waals surface area contributed by atoms with Gasteiger partial charge < -0.3 is 15.8 Å². The molecule has 0 aliphatic carbocycles. The largest absolute Gasteiger partial charge is 0.497 e. The summed E-state index contributed by atoms with van der Waals surface area (Å²) in [6, 6.07) is 14.2. The van der Waals surface area contributed by atoms with Gasteiger partial charge in [0.1, 0.15) is 11.4 Å². The smallest absolute Gasteiger partial charge is 0.222 e. The van der Waals surface area contributed by atoms with Crippen LogP contribution in [0.2, 0.25) is 0 Å². The molecule has 0 saturated heterocycles. The maximum absolute atomic E-state index is 14.8. The lowest BCUT2D eigenvalue weighted by Gasteiger charge is -2.11. The van der Waals surface area contributed by atoms with E-state index in [-0.39, 0.29) is 17.5 Å². The highest BCUT2D eigenvalue weighted by Crippen LogP contribution is 2.29. The van der Waals surface area contributed by atoms with Crippen LogP contribution in [0.15, 0.2) is 53.0 Å². The number of nitrogen functional groups attached to an aromatic ring is 1. The number of hydrogen-bond acceptors (Lipinski definition) is 5. The maximum atomic E-state index is 14.8. The van der Waals surface area contributed by atoms with Crippen molar-refractivity contribution in [2.24, 2.45) is 0 Å². The zero-order chi connectivity index (χ0) is 17.1. The van der Waals surface area contributed by atoms with Gasteiger partial charge in [-0.1, -0.05) is 28.1 Å². The molecule has 0 radical (unpaired) electrons. The van der Waals surface area contributed by atoms with Crippen LogP contribution >= 0.6 is 15.9 Å². The number of methoxy groups -OCH3 is 1. The van der Waals surface area contributed by atoms with Crippen LogP contribution in [0.4, 0.5) is 21.8 Å². The van der Waals surface area contributed by atoms with Gasteiger partial charge in [-0.25, -0.2) is 9.37 Å². The van der Waals surface area contributed by atoms with Crippen molar-refractivity contribution in [3.05, 3.63) is 58.8 Å². The van der Waals surface area contributed by atoms with E-state index in [1.165, 1.54) is 0 Å². The number of rotatable bonds is 4. The van der Waals surface area contributed by atoms with Crippen molar-refractivity contribution >= 4 is 33.4 Å². The molecule has 1 aromatic heterocycles. The number of halogens is 2. The van der Waals surface area contributed by atoms with E-state index in [1.807, 2.05) is 12.1 Å². The lowest BCUT2D eigenvalue weighted by Crippen LogP contribution is -2.05. The fourth-order valence-corrected chi connectivity index (χ4v) is 2.42. The van der Waals surface area contributed by atoms with Crippen molar-refractivity contribution in [1.29, 1.82) is 0 Å². The van der Waals surface area contributed by atoms with E-state index in [1.54, 1.807) is 43.5 Å². The first-order chi connectivity index (χ1) is 11.6. The number of nitrogens with zero attached hydrogens (tertiary/aromatic N) is 2. The van der Waals surface area contributed by atoms with Gasteiger partial charge in [0.2, 0.25) is 5.95 Å². The highest BCUT2D eigenvalue weighted by molar-refractivity contribution is 9.10. The van der Waals surface area contributed by atoms with E-state index in [4.69, 9.17) is 10.5 Å². The second-order valence-corrected chi connectivity index (χ2v) is 5.87. The second kappa shape index (κ2) is 6.84. The van der Waals surface area contributed by atoms with Crippen molar-refractivity contribution in [1.82, 2.24) is 9.97 Å². The highest BCUT2D eigenvalue weighted by atomic mass is 79.9. The van der Waals surface area contributed by atoms with E-state index in [9.17, 15) is 4.39 Å².